The lowest BCUT2D eigenvalue weighted by Gasteiger charge is -2.22. The van der Waals surface area contributed by atoms with E-state index in [0.29, 0.717) is 28.5 Å². The minimum Gasteiger partial charge on any atom is -0.497 e. The zero-order valence-electron chi connectivity index (χ0n) is 19.2. The Bertz CT molecular complexity index is 925. The van der Waals surface area contributed by atoms with Crippen LogP contribution >= 0.6 is 0 Å². The van der Waals surface area contributed by atoms with Crippen LogP contribution in [-0.2, 0) is 14.3 Å². The fourth-order valence-corrected chi connectivity index (χ4v) is 2.86. The Morgan fingerprint density at radius 1 is 0.818 bits per heavy atom. The van der Waals surface area contributed by atoms with Gasteiger partial charge in [-0.2, -0.15) is 0 Å². The molecule has 0 spiro atoms. The van der Waals surface area contributed by atoms with E-state index < -0.39 is 17.7 Å². The first-order valence-electron chi connectivity index (χ1n) is 10.1. The van der Waals surface area contributed by atoms with Gasteiger partial charge in [0.15, 0.2) is 0 Å². The maximum Gasteiger partial charge on any atom is 0.254 e. The molecule has 0 saturated heterocycles. The molecule has 0 fully saturated rings. The summed E-state index contributed by atoms with van der Waals surface area (Å²) in [6.45, 7) is -0.0832. The number of ether oxygens (including phenoxy) is 4. The average Bonchev–Trinajstić information content (AvgIpc) is 2.84. The van der Waals surface area contributed by atoms with Crippen LogP contribution in [0.3, 0.4) is 0 Å². The zero-order valence-corrected chi connectivity index (χ0v) is 19.2. The second kappa shape index (κ2) is 12.9. The topological polar surface area (TPSA) is 115 Å². The first kappa shape index (κ1) is 25.5. The first-order chi connectivity index (χ1) is 15.9. The molecule has 2 N–H and O–H groups in total. The smallest absolute Gasteiger partial charge is 0.254 e. The molecule has 0 aliphatic rings. The lowest BCUT2D eigenvalue weighted by atomic mass is 10.1. The summed E-state index contributed by atoms with van der Waals surface area (Å²) in [5.41, 5.74) is 0.867. The molecule has 0 heterocycles. The Hall–Kier alpha value is -3.79. The monoisotopic (exact) mass is 459 g/mol. The van der Waals surface area contributed by atoms with Crippen molar-refractivity contribution in [2.75, 3.05) is 60.0 Å². The second-order valence-electron chi connectivity index (χ2n) is 6.87. The van der Waals surface area contributed by atoms with E-state index in [9.17, 15) is 14.4 Å². The van der Waals surface area contributed by atoms with Gasteiger partial charge in [-0.25, -0.2) is 0 Å². The normalized spacial score (nSPS) is 10.2. The van der Waals surface area contributed by atoms with Crippen LogP contribution in [0.5, 0.6) is 17.2 Å². The number of methoxy groups -OCH3 is 4. The van der Waals surface area contributed by atoms with Crippen LogP contribution in [-0.4, -0.2) is 77.3 Å². The molecule has 10 nitrogen and oxygen atoms in total. The van der Waals surface area contributed by atoms with E-state index in [2.05, 4.69) is 10.6 Å². The molecule has 33 heavy (non-hydrogen) atoms. The van der Waals surface area contributed by atoms with E-state index in [4.69, 9.17) is 18.9 Å². The second-order valence-corrected chi connectivity index (χ2v) is 6.87. The van der Waals surface area contributed by atoms with Gasteiger partial charge >= 0.3 is 0 Å². The maximum atomic E-state index is 13.0. The molecular weight excluding hydrogens is 430 g/mol. The number of nitrogens with zero attached hydrogens (tertiary/aromatic N) is 1. The quantitative estimate of drug-likeness (QED) is 0.495. The van der Waals surface area contributed by atoms with Crippen LogP contribution in [0, 0.1) is 0 Å². The molecule has 2 rings (SSSR count). The van der Waals surface area contributed by atoms with Crippen molar-refractivity contribution >= 4 is 23.4 Å². The summed E-state index contributed by atoms with van der Waals surface area (Å²) in [5.74, 6) is 0.269. The highest BCUT2D eigenvalue weighted by atomic mass is 16.5. The first-order valence-corrected chi connectivity index (χ1v) is 10.1. The number of hydrogen-bond donors (Lipinski definition) is 2. The summed E-state index contributed by atoms with van der Waals surface area (Å²) in [7, 11) is 6.02. The van der Waals surface area contributed by atoms with Gasteiger partial charge in [-0.3, -0.25) is 14.4 Å². The number of hydrogen-bond acceptors (Lipinski definition) is 7. The van der Waals surface area contributed by atoms with Gasteiger partial charge in [0.2, 0.25) is 11.8 Å². The number of carbonyl (C=O) groups is 3. The number of benzene rings is 2. The van der Waals surface area contributed by atoms with Crippen molar-refractivity contribution in [2.45, 2.75) is 0 Å². The molecule has 0 aromatic heterocycles. The summed E-state index contributed by atoms with van der Waals surface area (Å²) in [6.07, 6.45) is 0. The van der Waals surface area contributed by atoms with E-state index in [1.807, 2.05) is 0 Å². The van der Waals surface area contributed by atoms with Crippen molar-refractivity contribution in [1.82, 2.24) is 10.2 Å². The Morgan fingerprint density at radius 3 is 1.97 bits per heavy atom. The van der Waals surface area contributed by atoms with Crippen molar-refractivity contribution < 1.29 is 33.3 Å². The molecule has 2 aromatic carbocycles. The third-order valence-electron chi connectivity index (χ3n) is 4.61. The van der Waals surface area contributed by atoms with Gasteiger partial charge in [0.25, 0.3) is 5.91 Å². The van der Waals surface area contributed by atoms with Crippen LogP contribution in [0.2, 0.25) is 0 Å². The van der Waals surface area contributed by atoms with Crippen LogP contribution in [0.4, 0.5) is 5.69 Å². The highest BCUT2D eigenvalue weighted by molar-refractivity contribution is 5.98. The highest BCUT2D eigenvalue weighted by Gasteiger charge is 2.20. The molecule has 0 aliphatic carbocycles. The van der Waals surface area contributed by atoms with E-state index in [1.54, 1.807) is 49.6 Å². The summed E-state index contributed by atoms with van der Waals surface area (Å²) >= 11 is 0. The van der Waals surface area contributed by atoms with E-state index in [0.717, 1.165) is 0 Å². The molecular formula is C23H29N3O7. The molecule has 0 bridgehead atoms. The number of amides is 3. The van der Waals surface area contributed by atoms with Crippen LogP contribution in [0.25, 0.3) is 0 Å². The summed E-state index contributed by atoms with van der Waals surface area (Å²) in [5, 5.41) is 5.20. The van der Waals surface area contributed by atoms with Crippen molar-refractivity contribution in [3.63, 3.8) is 0 Å². The van der Waals surface area contributed by atoms with Crippen LogP contribution in [0.1, 0.15) is 10.4 Å². The summed E-state index contributed by atoms with van der Waals surface area (Å²) in [4.78, 5) is 39.0. The predicted octanol–water partition coefficient (Wildman–Crippen LogP) is 1.56. The molecule has 0 unspecified atom stereocenters. The van der Waals surface area contributed by atoms with E-state index in [-0.39, 0.29) is 26.2 Å². The lowest BCUT2D eigenvalue weighted by Crippen LogP contribution is -2.44. The lowest BCUT2D eigenvalue weighted by molar-refractivity contribution is -0.124. The molecule has 0 aliphatic heterocycles. The largest absolute Gasteiger partial charge is 0.497 e. The fourth-order valence-electron chi connectivity index (χ4n) is 2.86. The summed E-state index contributed by atoms with van der Waals surface area (Å²) in [6, 6.07) is 11.6. The van der Waals surface area contributed by atoms with Crippen molar-refractivity contribution in [2.24, 2.45) is 0 Å². The van der Waals surface area contributed by atoms with Gasteiger partial charge in [0.1, 0.15) is 17.2 Å². The third-order valence-corrected chi connectivity index (χ3v) is 4.61. The van der Waals surface area contributed by atoms with Crippen LogP contribution in [0.15, 0.2) is 42.5 Å². The third kappa shape index (κ3) is 8.00. The fraction of sp³-hybridized carbons (Fsp3) is 0.348. The number of nitrogens with one attached hydrogen (secondary N) is 2. The van der Waals surface area contributed by atoms with Crippen molar-refractivity contribution in [3.8, 4) is 17.2 Å². The van der Waals surface area contributed by atoms with E-state index in [1.165, 1.54) is 26.2 Å². The predicted molar refractivity (Wildman–Crippen MR) is 122 cm³/mol. The molecule has 2 aromatic rings. The van der Waals surface area contributed by atoms with Gasteiger partial charge in [-0.1, -0.05) is 0 Å². The SMILES string of the molecule is COCCN(CC(=O)NCC(=O)Nc1ccc(OC)cc1)C(=O)c1cc(OC)cc(OC)c1. The standard InChI is InChI=1S/C23H29N3O7/c1-30-10-9-26(23(29)16-11-19(32-3)13-20(12-16)33-4)15-22(28)24-14-21(27)25-17-5-7-18(31-2)8-6-17/h5-8,11-13H,9-10,14-15H2,1-4H3,(H,24,28)(H,25,27). The van der Waals surface area contributed by atoms with E-state index >= 15 is 0 Å². The average molecular weight is 459 g/mol. The van der Waals surface area contributed by atoms with Crippen molar-refractivity contribution in [1.29, 1.82) is 0 Å². The molecule has 3 amide bonds. The van der Waals surface area contributed by atoms with Gasteiger partial charge in [0.05, 0.1) is 41.0 Å². The Labute approximate surface area is 192 Å². The Kier molecular flexibility index (Phi) is 9.97. The zero-order chi connectivity index (χ0) is 24.2. The maximum absolute atomic E-state index is 13.0. The van der Waals surface area contributed by atoms with Gasteiger partial charge in [-0.15, -0.1) is 0 Å². The summed E-state index contributed by atoms with van der Waals surface area (Å²) < 4.78 is 20.6. The van der Waals surface area contributed by atoms with Gasteiger partial charge in [-0.05, 0) is 36.4 Å². The minimum absolute atomic E-state index is 0.181. The van der Waals surface area contributed by atoms with Crippen molar-refractivity contribution in [3.05, 3.63) is 48.0 Å². The number of anilines is 1. The Morgan fingerprint density at radius 2 is 1.42 bits per heavy atom. The van der Waals surface area contributed by atoms with Gasteiger partial charge < -0.3 is 34.5 Å². The Balaban J connectivity index is 1.98. The minimum atomic E-state index is -0.487. The number of carbonyl (C=O) groups excluding carboxylic acids is 3. The molecule has 0 atom stereocenters. The highest BCUT2D eigenvalue weighted by Crippen LogP contribution is 2.23. The molecule has 178 valence electrons. The number of rotatable bonds is 12. The molecule has 0 radical (unpaired) electrons. The van der Waals surface area contributed by atoms with Gasteiger partial charge in [0, 0.05) is 31.0 Å². The molecule has 10 heteroatoms. The molecule has 0 saturated carbocycles. The van der Waals surface area contributed by atoms with Crippen LogP contribution < -0.4 is 24.8 Å².